The topological polar surface area (TPSA) is 52.9 Å². The summed E-state index contributed by atoms with van der Waals surface area (Å²) in [5.74, 6) is -0.484. The van der Waals surface area contributed by atoms with Gasteiger partial charge in [0.1, 0.15) is 11.6 Å². The van der Waals surface area contributed by atoms with Crippen molar-refractivity contribution >= 4 is 40.9 Å². The Morgan fingerprint density at radius 3 is 2.50 bits per heavy atom. The smallest absolute Gasteiger partial charge is 0.266 e. The van der Waals surface area contributed by atoms with Crippen LogP contribution in [0.4, 0.5) is 5.69 Å². The molecule has 0 bridgehead atoms. The second-order valence-electron chi connectivity index (χ2n) is 4.59. The van der Waals surface area contributed by atoms with E-state index in [-0.39, 0.29) is 5.57 Å². The Morgan fingerprint density at radius 1 is 1.18 bits per heavy atom. The van der Waals surface area contributed by atoms with E-state index in [1.807, 2.05) is 6.07 Å². The Kier molecular flexibility index (Phi) is 5.21. The van der Waals surface area contributed by atoms with Gasteiger partial charge in [-0.05, 0) is 48.4 Å². The number of anilines is 1. The predicted molar refractivity (Wildman–Crippen MR) is 89.9 cm³/mol. The minimum absolute atomic E-state index is 0.00157. The molecule has 2 aromatic rings. The van der Waals surface area contributed by atoms with Crippen molar-refractivity contribution in [3.8, 4) is 6.07 Å². The minimum Gasteiger partial charge on any atom is -0.321 e. The molecule has 0 aliphatic heterocycles. The van der Waals surface area contributed by atoms with Crippen LogP contribution >= 0.6 is 23.2 Å². The molecule has 3 nitrogen and oxygen atoms in total. The maximum absolute atomic E-state index is 12.2. The summed E-state index contributed by atoms with van der Waals surface area (Å²) in [7, 11) is 0. The molecule has 0 radical (unpaired) electrons. The molecule has 2 rings (SSSR count). The Balaban J connectivity index is 2.24. The average Bonchev–Trinajstić information content (AvgIpc) is 2.51. The molecule has 0 atom stereocenters. The second kappa shape index (κ2) is 7.13. The molecule has 0 spiro atoms. The van der Waals surface area contributed by atoms with Gasteiger partial charge in [-0.1, -0.05) is 41.4 Å². The molecule has 0 saturated heterocycles. The highest BCUT2D eigenvalue weighted by atomic mass is 35.5. The van der Waals surface area contributed by atoms with E-state index in [4.69, 9.17) is 23.2 Å². The van der Waals surface area contributed by atoms with Crippen LogP contribution in [0.5, 0.6) is 0 Å². The molecule has 0 unspecified atom stereocenters. The highest BCUT2D eigenvalue weighted by molar-refractivity contribution is 6.32. The lowest BCUT2D eigenvalue weighted by molar-refractivity contribution is -0.112. The van der Waals surface area contributed by atoms with Crippen molar-refractivity contribution in [3.63, 3.8) is 0 Å². The lowest BCUT2D eigenvalue weighted by Crippen LogP contribution is -2.14. The molecule has 0 aromatic heterocycles. The van der Waals surface area contributed by atoms with E-state index in [1.54, 1.807) is 49.4 Å². The number of hydrogen-bond acceptors (Lipinski definition) is 2. The fourth-order valence-corrected chi connectivity index (χ4v) is 2.11. The van der Waals surface area contributed by atoms with Gasteiger partial charge in [0.2, 0.25) is 0 Å². The first-order valence-corrected chi connectivity index (χ1v) is 7.20. The molecule has 22 heavy (non-hydrogen) atoms. The van der Waals surface area contributed by atoms with Crippen molar-refractivity contribution in [1.29, 1.82) is 5.26 Å². The van der Waals surface area contributed by atoms with E-state index in [9.17, 15) is 10.1 Å². The van der Waals surface area contributed by atoms with Crippen LogP contribution in [0.25, 0.3) is 6.08 Å². The van der Waals surface area contributed by atoms with Crippen molar-refractivity contribution in [1.82, 2.24) is 0 Å². The van der Waals surface area contributed by atoms with Crippen molar-refractivity contribution in [2.24, 2.45) is 0 Å². The summed E-state index contributed by atoms with van der Waals surface area (Å²) >= 11 is 11.8. The van der Waals surface area contributed by atoms with Gasteiger partial charge in [-0.3, -0.25) is 4.79 Å². The molecule has 0 aliphatic carbocycles. The number of nitrogens with zero attached hydrogens (tertiary/aromatic N) is 1. The van der Waals surface area contributed by atoms with Crippen LogP contribution in [-0.2, 0) is 4.79 Å². The van der Waals surface area contributed by atoms with Crippen LogP contribution in [0, 0.1) is 18.3 Å². The average molecular weight is 331 g/mol. The van der Waals surface area contributed by atoms with Gasteiger partial charge in [0.05, 0.1) is 0 Å². The quantitative estimate of drug-likeness (QED) is 0.646. The van der Waals surface area contributed by atoms with E-state index in [2.05, 4.69) is 5.32 Å². The first-order chi connectivity index (χ1) is 10.5. The zero-order valence-corrected chi connectivity index (χ0v) is 13.2. The van der Waals surface area contributed by atoms with Gasteiger partial charge in [0.15, 0.2) is 0 Å². The van der Waals surface area contributed by atoms with Crippen molar-refractivity contribution in [2.45, 2.75) is 6.92 Å². The molecule has 1 N–H and O–H groups in total. The number of halogens is 2. The monoisotopic (exact) mass is 330 g/mol. The molecule has 0 aliphatic rings. The summed E-state index contributed by atoms with van der Waals surface area (Å²) in [4.78, 5) is 12.2. The van der Waals surface area contributed by atoms with E-state index in [1.165, 1.54) is 6.08 Å². The number of amides is 1. The summed E-state index contributed by atoms with van der Waals surface area (Å²) < 4.78 is 0. The summed E-state index contributed by atoms with van der Waals surface area (Å²) in [5.41, 5.74) is 2.05. The summed E-state index contributed by atoms with van der Waals surface area (Å²) in [6.07, 6.45) is 1.51. The van der Waals surface area contributed by atoms with Gasteiger partial charge in [-0.25, -0.2) is 0 Å². The summed E-state index contributed by atoms with van der Waals surface area (Å²) in [5, 5.41) is 13.0. The molecule has 1 amide bonds. The Hall–Kier alpha value is -2.28. The van der Waals surface area contributed by atoms with Crippen LogP contribution in [0.1, 0.15) is 11.1 Å². The first-order valence-electron chi connectivity index (χ1n) is 6.45. The van der Waals surface area contributed by atoms with Gasteiger partial charge in [0.25, 0.3) is 5.91 Å². The molecular weight excluding hydrogens is 319 g/mol. The Morgan fingerprint density at radius 2 is 1.86 bits per heavy atom. The minimum atomic E-state index is -0.484. The summed E-state index contributed by atoms with van der Waals surface area (Å²) in [6, 6.07) is 14.0. The number of nitrogens with one attached hydrogen (secondary N) is 1. The highest BCUT2D eigenvalue weighted by Crippen LogP contribution is 2.23. The standard InChI is InChI=1S/C17H12Cl2N2O/c1-11-15(19)3-2-4-16(11)21-17(22)13(10-20)9-12-5-7-14(18)8-6-12/h2-9H,1H3,(H,21,22)/b13-9+. The van der Waals surface area contributed by atoms with Crippen LogP contribution in [-0.4, -0.2) is 5.91 Å². The largest absolute Gasteiger partial charge is 0.321 e. The third kappa shape index (κ3) is 3.88. The number of carbonyl (C=O) groups is 1. The van der Waals surface area contributed by atoms with Gasteiger partial charge in [-0.2, -0.15) is 5.26 Å². The van der Waals surface area contributed by atoms with Gasteiger partial charge < -0.3 is 5.32 Å². The normalized spacial score (nSPS) is 10.9. The van der Waals surface area contributed by atoms with Crippen LogP contribution in [0.15, 0.2) is 48.0 Å². The third-order valence-corrected chi connectivity index (χ3v) is 3.72. The number of benzene rings is 2. The van der Waals surface area contributed by atoms with Crippen LogP contribution < -0.4 is 5.32 Å². The van der Waals surface area contributed by atoms with E-state index in [0.29, 0.717) is 15.7 Å². The molecule has 5 heteroatoms. The Bertz CT molecular complexity index is 774. The molecular formula is C17H12Cl2N2O. The zero-order chi connectivity index (χ0) is 16.1. The van der Waals surface area contributed by atoms with Crippen LogP contribution in [0.2, 0.25) is 10.0 Å². The SMILES string of the molecule is Cc1c(Cl)cccc1NC(=O)/C(C#N)=C/c1ccc(Cl)cc1. The second-order valence-corrected chi connectivity index (χ2v) is 5.43. The zero-order valence-electron chi connectivity index (χ0n) is 11.7. The van der Waals surface area contributed by atoms with Gasteiger partial charge >= 0.3 is 0 Å². The molecule has 0 saturated carbocycles. The van der Waals surface area contributed by atoms with Crippen molar-refractivity contribution in [3.05, 3.63) is 69.2 Å². The maximum atomic E-state index is 12.2. The van der Waals surface area contributed by atoms with Crippen molar-refractivity contribution in [2.75, 3.05) is 5.32 Å². The first kappa shape index (κ1) is 16.1. The fraction of sp³-hybridized carbons (Fsp3) is 0.0588. The molecule has 2 aromatic carbocycles. The third-order valence-electron chi connectivity index (χ3n) is 3.06. The maximum Gasteiger partial charge on any atom is 0.266 e. The van der Waals surface area contributed by atoms with Gasteiger partial charge in [-0.15, -0.1) is 0 Å². The van der Waals surface area contributed by atoms with E-state index in [0.717, 1.165) is 11.1 Å². The summed E-state index contributed by atoms with van der Waals surface area (Å²) in [6.45, 7) is 1.80. The lowest BCUT2D eigenvalue weighted by Gasteiger charge is -2.08. The predicted octanol–water partition coefficient (Wildman–Crippen LogP) is 4.85. The number of rotatable bonds is 3. The number of nitriles is 1. The highest BCUT2D eigenvalue weighted by Gasteiger charge is 2.11. The van der Waals surface area contributed by atoms with E-state index >= 15 is 0 Å². The number of carbonyl (C=O) groups excluding carboxylic acids is 1. The van der Waals surface area contributed by atoms with Crippen molar-refractivity contribution < 1.29 is 4.79 Å². The lowest BCUT2D eigenvalue weighted by atomic mass is 10.1. The van der Waals surface area contributed by atoms with Gasteiger partial charge in [0, 0.05) is 15.7 Å². The molecule has 110 valence electrons. The van der Waals surface area contributed by atoms with E-state index < -0.39 is 5.91 Å². The number of hydrogen-bond donors (Lipinski definition) is 1. The fourth-order valence-electron chi connectivity index (χ4n) is 1.81. The molecule has 0 heterocycles. The Labute approximate surface area is 138 Å². The van der Waals surface area contributed by atoms with Crippen LogP contribution in [0.3, 0.4) is 0 Å². The molecule has 0 fully saturated rings.